The summed E-state index contributed by atoms with van der Waals surface area (Å²) in [5.74, 6) is -0.0162. The van der Waals surface area contributed by atoms with Gasteiger partial charge >= 0.3 is 6.03 Å². The van der Waals surface area contributed by atoms with Crippen LogP contribution in [0, 0.1) is 0 Å². The molecule has 7 heteroatoms. The number of nitrogens with one attached hydrogen (secondary N) is 1. The summed E-state index contributed by atoms with van der Waals surface area (Å²) in [6.07, 6.45) is 2.78. The minimum atomic E-state index is -0.365. The van der Waals surface area contributed by atoms with Gasteiger partial charge in [0.05, 0.1) is 19.8 Å². The average Bonchev–Trinajstić information content (AvgIpc) is 2.68. The standard InChI is InChI=1S/C19H25N3O4/c23-17(21-9-11-26-19(13-21)6-2-10-25-14-19)15-4-1-5-16(12-15)22-8-3-7-20-18(22)24/h1,4-5,12H,2-3,6-11,13-14H2,(H,20,24). The van der Waals surface area contributed by atoms with Gasteiger partial charge in [-0.2, -0.15) is 0 Å². The predicted molar refractivity (Wildman–Crippen MR) is 96.4 cm³/mol. The first-order valence-electron chi connectivity index (χ1n) is 9.33. The summed E-state index contributed by atoms with van der Waals surface area (Å²) in [7, 11) is 0. The Morgan fingerprint density at radius 2 is 2.12 bits per heavy atom. The molecular formula is C19H25N3O4. The molecule has 1 spiro atoms. The van der Waals surface area contributed by atoms with Gasteiger partial charge in [-0.3, -0.25) is 9.69 Å². The maximum absolute atomic E-state index is 13.1. The number of carbonyl (C=O) groups is 2. The summed E-state index contributed by atoms with van der Waals surface area (Å²) >= 11 is 0. The van der Waals surface area contributed by atoms with Gasteiger partial charge in [-0.15, -0.1) is 0 Å². The minimum absolute atomic E-state index is 0.0162. The van der Waals surface area contributed by atoms with Crippen LogP contribution < -0.4 is 10.2 Å². The van der Waals surface area contributed by atoms with E-state index in [9.17, 15) is 9.59 Å². The third-order valence-electron chi connectivity index (χ3n) is 5.31. The molecule has 140 valence electrons. The Kier molecular flexibility index (Phi) is 4.82. The van der Waals surface area contributed by atoms with Gasteiger partial charge in [-0.25, -0.2) is 4.79 Å². The molecule has 3 heterocycles. The fraction of sp³-hybridized carbons (Fsp3) is 0.579. The lowest BCUT2D eigenvalue weighted by molar-refractivity contribution is -0.160. The van der Waals surface area contributed by atoms with E-state index in [2.05, 4.69) is 5.32 Å². The van der Waals surface area contributed by atoms with Crippen molar-refractivity contribution < 1.29 is 19.1 Å². The smallest absolute Gasteiger partial charge is 0.321 e. The van der Waals surface area contributed by atoms with Crippen molar-refractivity contribution in [1.29, 1.82) is 0 Å². The van der Waals surface area contributed by atoms with Crippen LogP contribution in [-0.4, -0.2) is 68.4 Å². The van der Waals surface area contributed by atoms with Crippen LogP contribution in [0.15, 0.2) is 24.3 Å². The molecule has 26 heavy (non-hydrogen) atoms. The summed E-state index contributed by atoms with van der Waals surface area (Å²) < 4.78 is 11.6. The zero-order chi connectivity index (χ0) is 18.0. The fourth-order valence-corrected chi connectivity index (χ4v) is 3.95. The molecule has 3 fully saturated rings. The largest absolute Gasteiger partial charge is 0.378 e. The second-order valence-electron chi connectivity index (χ2n) is 7.20. The Balaban J connectivity index is 1.51. The Morgan fingerprint density at radius 3 is 2.92 bits per heavy atom. The maximum atomic E-state index is 13.1. The summed E-state index contributed by atoms with van der Waals surface area (Å²) in [6, 6.07) is 7.23. The van der Waals surface area contributed by atoms with E-state index in [-0.39, 0.29) is 17.5 Å². The topological polar surface area (TPSA) is 71.1 Å². The molecular weight excluding hydrogens is 334 g/mol. The summed E-state index contributed by atoms with van der Waals surface area (Å²) in [6.45, 7) is 4.34. The number of nitrogens with zero attached hydrogens (tertiary/aromatic N) is 2. The number of ether oxygens (including phenoxy) is 2. The van der Waals surface area contributed by atoms with E-state index in [1.165, 1.54) is 0 Å². The summed E-state index contributed by atoms with van der Waals surface area (Å²) in [4.78, 5) is 28.7. The maximum Gasteiger partial charge on any atom is 0.321 e. The molecule has 0 aromatic heterocycles. The van der Waals surface area contributed by atoms with E-state index in [4.69, 9.17) is 9.47 Å². The van der Waals surface area contributed by atoms with Crippen LogP contribution >= 0.6 is 0 Å². The predicted octanol–water partition coefficient (Wildman–Crippen LogP) is 1.63. The highest BCUT2D eigenvalue weighted by molar-refractivity contribution is 5.98. The number of hydrogen-bond acceptors (Lipinski definition) is 4. The van der Waals surface area contributed by atoms with Crippen molar-refractivity contribution in [3.63, 3.8) is 0 Å². The molecule has 7 nitrogen and oxygen atoms in total. The van der Waals surface area contributed by atoms with E-state index < -0.39 is 0 Å². The number of urea groups is 1. The van der Waals surface area contributed by atoms with E-state index in [0.29, 0.717) is 45.0 Å². The summed E-state index contributed by atoms with van der Waals surface area (Å²) in [5.41, 5.74) is 1.00. The second kappa shape index (κ2) is 7.25. The number of amides is 3. The van der Waals surface area contributed by atoms with Crippen LogP contribution in [0.4, 0.5) is 10.5 Å². The van der Waals surface area contributed by atoms with Gasteiger partial charge in [0.15, 0.2) is 0 Å². The van der Waals surface area contributed by atoms with Crippen molar-refractivity contribution in [3.05, 3.63) is 29.8 Å². The van der Waals surface area contributed by atoms with Crippen LogP contribution in [-0.2, 0) is 9.47 Å². The Hall–Kier alpha value is -2.12. The van der Waals surface area contributed by atoms with Crippen molar-refractivity contribution in [2.24, 2.45) is 0 Å². The molecule has 0 aliphatic carbocycles. The van der Waals surface area contributed by atoms with Crippen LogP contribution in [0.3, 0.4) is 0 Å². The first-order valence-corrected chi connectivity index (χ1v) is 9.33. The lowest BCUT2D eigenvalue weighted by Gasteiger charge is -2.44. The van der Waals surface area contributed by atoms with Crippen molar-refractivity contribution >= 4 is 17.6 Å². The van der Waals surface area contributed by atoms with Crippen molar-refractivity contribution in [2.75, 3.05) is 50.9 Å². The Morgan fingerprint density at radius 1 is 1.19 bits per heavy atom. The molecule has 1 N–H and O–H groups in total. The molecule has 3 amide bonds. The van der Waals surface area contributed by atoms with Gasteiger partial charge in [0.25, 0.3) is 5.91 Å². The van der Waals surface area contributed by atoms with E-state index >= 15 is 0 Å². The molecule has 1 unspecified atom stereocenters. The number of hydrogen-bond donors (Lipinski definition) is 1. The average molecular weight is 359 g/mol. The molecule has 0 bridgehead atoms. The van der Waals surface area contributed by atoms with Crippen molar-refractivity contribution in [3.8, 4) is 0 Å². The lowest BCUT2D eigenvalue weighted by atomic mass is 9.94. The van der Waals surface area contributed by atoms with Gasteiger partial charge in [0, 0.05) is 37.5 Å². The zero-order valence-electron chi connectivity index (χ0n) is 14.9. The minimum Gasteiger partial charge on any atom is -0.378 e. The van der Waals surface area contributed by atoms with Crippen molar-refractivity contribution in [2.45, 2.75) is 24.9 Å². The number of rotatable bonds is 2. The van der Waals surface area contributed by atoms with Gasteiger partial charge in [0.2, 0.25) is 0 Å². The van der Waals surface area contributed by atoms with Gasteiger partial charge in [0.1, 0.15) is 5.60 Å². The molecule has 4 rings (SSSR count). The number of carbonyl (C=O) groups excluding carboxylic acids is 2. The third-order valence-corrected chi connectivity index (χ3v) is 5.31. The van der Waals surface area contributed by atoms with Crippen LogP contribution in [0.25, 0.3) is 0 Å². The highest BCUT2D eigenvalue weighted by Crippen LogP contribution is 2.29. The molecule has 1 aromatic rings. The Bertz CT molecular complexity index is 682. The van der Waals surface area contributed by atoms with E-state index in [1.807, 2.05) is 29.2 Å². The zero-order valence-corrected chi connectivity index (χ0v) is 14.9. The second-order valence-corrected chi connectivity index (χ2v) is 7.20. The number of morpholine rings is 1. The quantitative estimate of drug-likeness (QED) is 0.871. The number of benzene rings is 1. The fourth-order valence-electron chi connectivity index (χ4n) is 3.95. The molecule has 0 radical (unpaired) electrons. The monoisotopic (exact) mass is 359 g/mol. The van der Waals surface area contributed by atoms with Crippen LogP contribution in [0.5, 0.6) is 0 Å². The number of anilines is 1. The van der Waals surface area contributed by atoms with Crippen molar-refractivity contribution in [1.82, 2.24) is 10.2 Å². The SMILES string of the molecule is O=C(c1cccc(N2CCCNC2=O)c1)N1CCOC2(CCCOC2)C1. The van der Waals surface area contributed by atoms with Gasteiger partial charge in [-0.05, 0) is 37.5 Å². The molecule has 3 saturated heterocycles. The Labute approximate surface area is 153 Å². The summed E-state index contributed by atoms with van der Waals surface area (Å²) in [5, 5.41) is 2.84. The first kappa shape index (κ1) is 17.3. The molecule has 3 aliphatic rings. The first-order chi connectivity index (χ1) is 12.7. The van der Waals surface area contributed by atoms with Gasteiger partial charge < -0.3 is 19.7 Å². The van der Waals surface area contributed by atoms with E-state index in [0.717, 1.165) is 31.6 Å². The normalized spacial score (nSPS) is 26.7. The van der Waals surface area contributed by atoms with Gasteiger partial charge in [-0.1, -0.05) is 6.07 Å². The highest BCUT2D eigenvalue weighted by atomic mass is 16.5. The molecule has 1 atom stereocenters. The van der Waals surface area contributed by atoms with Crippen LogP contribution in [0.2, 0.25) is 0 Å². The molecule has 3 aliphatic heterocycles. The highest BCUT2D eigenvalue weighted by Gasteiger charge is 2.40. The molecule has 0 saturated carbocycles. The lowest BCUT2D eigenvalue weighted by Crippen LogP contribution is -2.57. The molecule has 1 aromatic carbocycles. The van der Waals surface area contributed by atoms with Crippen LogP contribution in [0.1, 0.15) is 29.6 Å². The third kappa shape index (κ3) is 3.41. The van der Waals surface area contributed by atoms with E-state index in [1.54, 1.807) is 4.90 Å².